The minimum Gasteiger partial charge on any atom is -0.459 e. The van der Waals surface area contributed by atoms with Crippen LogP contribution < -0.4 is 0 Å². The van der Waals surface area contributed by atoms with Gasteiger partial charge in [0.05, 0.1) is 11.6 Å². The van der Waals surface area contributed by atoms with E-state index in [2.05, 4.69) is 36.1 Å². The maximum absolute atomic E-state index is 13.4. The molecule has 0 aliphatic carbocycles. The zero-order chi connectivity index (χ0) is 22.3. The van der Waals surface area contributed by atoms with E-state index in [1.54, 1.807) is 28.8 Å². The van der Waals surface area contributed by atoms with Crippen molar-refractivity contribution in [1.29, 1.82) is 0 Å². The van der Waals surface area contributed by atoms with Crippen LogP contribution in [0.15, 0.2) is 59.2 Å². The Labute approximate surface area is 194 Å². The van der Waals surface area contributed by atoms with Gasteiger partial charge in [0.15, 0.2) is 5.76 Å². The third-order valence-electron chi connectivity index (χ3n) is 6.04. The Bertz CT molecular complexity index is 908. The molecule has 2 aromatic rings. The molecule has 0 radical (unpaired) electrons. The highest BCUT2D eigenvalue weighted by molar-refractivity contribution is 8.00. The SMILES string of the molecule is CCCC1SCC(C(=O)N2CCN(C/C=C/c3ccccc3)CC2)N1C(=O)c1ccco1. The predicted octanol–water partition coefficient (Wildman–Crippen LogP) is 3.82. The Morgan fingerprint density at radius 3 is 2.56 bits per heavy atom. The minimum absolute atomic E-state index is 0.0240. The van der Waals surface area contributed by atoms with Gasteiger partial charge in [0, 0.05) is 38.5 Å². The minimum atomic E-state index is -0.418. The first kappa shape index (κ1) is 22.7. The normalized spacial score (nSPS) is 22.0. The van der Waals surface area contributed by atoms with Gasteiger partial charge in [0.2, 0.25) is 5.91 Å². The highest BCUT2D eigenvalue weighted by Gasteiger charge is 2.43. The third kappa shape index (κ3) is 5.27. The molecule has 0 spiro atoms. The third-order valence-corrected chi connectivity index (χ3v) is 7.39. The molecule has 0 N–H and O–H groups in total. The number of hydrogen-bond donors (Lipinski definition) is 0. The number of thioether (sulfide) groups is 1. The number of carbonyl (C=O) groups excluding carboxylic acids is 2. The van der Waals surface area contributed by atoms with Crippen LogP contribution in [0.3, 0.4) is 0 Å². The second-order valence-corrected chi connectivity index (χ2v) is 9.43. The van der Waals surface area contributed by atoms with Crippen molar-refractivity contribution in [3.05, 3.63) is 66.1 Å². The fourth-order valence-corrected chi connectivity index (χ4v) is 5.80. The lowest BCUT2D eigenvalue weighted by atomic mass is 10.1. The highest BCUT2D eigenvalue weighted by atomic mass is 32.2. The molecule has 3 heterocycles. The van der Waals surface area contributed by atoms with E-state index in [4.69, 9.17) is 4.42 Å². The fraction of sp³-hybridized carbons (Fsp3) is 0.440. The van der Waals surface area contributed by atoms with Gasteiger partial charge in [-0.3, -0.25) is 14.5 Å². The van der Waals surface area contributed by atoms with Crippen LogP contribution in [0.25, 0.3) is 6.08 Å². The molecule has 1 aromatic heterocycles. The number of piperazine rings is 1. The van der Waals surface area contributed by atoms with Gasteiger partial charge in [0.25, 0.3) is 5.91 Å². The highest BCUT2D eigenvalue weighted by Crippen LogP contribution is 2.34. The summed E-state index contributed by atoms with van der Waals surface area (Å²) in [6.45, 7) is 6.06. The number of nitrogens with zero attached hydrogens (tertiary/aromatic N) is 3. The molecule has 0 saturated carbocycles. The van der Waals surface area contributed by atoms with E-state index in [1.807, 2.05) is 23.1 Å². The van der Waals surface area contributed by atoms with Gasteiger partial charge in [0.1, 0.15) is 6.04 Å². The topological polar surface area (TPSA) is 57.0 Å². The first-order valence-corrected chi connectivity index (χ1v) is 12.4. The van der Waals surface area contributed by atoms with Crippen LogP contribution in [0.5, 0.6) is 0 Å². The molecule has 170 valence electrons. The number of rotatable bonds is 7. The number of benzene rings is 1. The Kier molecular flexibility index (Phi) is 7.71. The summed E-state index contributed by atoms with van der Waals surface area (Å²) in [5.74, 6) is 0.842. The standard InChI is InChI=1S/C25H31N3O3S/c1-2-8-23-28(25(30)22-12-7-18-31-22)21(19-32-23)24(29)27-16-14-26(15-17-27)13-6-11-20-9-4-3-5-10-20/h3-7,9-12,18,21,23H,2,8,13-17,19H2,1H3/b11-6+. The number of amides is 2. The van der Waals surface area contributed by atoms with E-state index in [1.165, 1.54) is 11.8 Å². The van der Waals surface area contributed by atoms with E-state index in [0.29, 0.717) is 24.6 Å². The van der Waals surface area contributed by atoms with Crippen LogP contribution >= 0.6 is 11.8 Å². The Morgan fingerprint density at radius 1 is 1.09 bits per heavy atom. The van der Waals surface area contributed by atoms with Crippen molar-refractivity contribution < 1.29 is 14.0 Å². The van der Waals surface area contributed by atoms with E-state index in [9.17, 15) is 9.59 Å². The lowest BCUT2D eigenvalue weighted by molar-refractivity contribution is -0.137. The molecule has 32 heavy (non-hydrogen) atoms. The molecule has 0 bridgehead atoms. The molecule has 7 heteroatoms. The average Bonchev–Trinajstić information content (AvgIpc) is 3.50. The summed E-state index contributed by atoms with van der Waals surface area (Å²) in [5, 5.41) is 0.0240. The lowest BCUT2D eigenvalue weighted by Gasteiger charge is -2.37. The van der Waals surface area contributed by atoms with Crippen molar-refractivity contribution in [2.75, 3.05) is 38.5 Å². The average molecular weight is 454 g/mol. The molecule has 2 amide bonds. The maximum atomic E-state index is 13.4. The summed E-state index contributed by atoms with van der Waals surface area (Å²) in [7, 11) is 0. The molecular formula is C25H31N3O3S. The predicted molar refractivity (Wildman–Crippen MR) is 128 cm³/mol. The Morgan fingerprint density at radius 2 is 1.88 bits per heavy atom. The molecule has 2 saturated heterocycles. The zero-order valence-electron chi connectivity index (χ0n) is 18.6. The van der Waals surface area contributed by atoms with Crippen LogP contribution in [-0.2, 0) is 4.79 Å². The van der Waals surface area contributed by atoms with Gasteiger partial charge in [-0.2, -0.15) is 0 Å². The van der Waals surface area contributed by atoms with Crippen molar-refractivity contribution in [3.63, 3.8) is 0 Å². The maximum Gasteiger partial charge on any atom is 0.291 e. The fourth-order valence-electron chi connectivity index (χ4n) is 4.29. The first-order valence-electron chi connectivity index (χ1n) is 11.4. The second-order valence-electron chi connectivity index (χ2n) is 8.22. The number of furan rings is 1. The Balaban J connectivity index is 1.34. The van der Waals surface area contributed by atoms with Gasteiger partial charge in [-0.1, -0.05) is 55.8 Å². The largest absolute Gasteiger partial charge is 0.459 e. The van der Waals surface area contributed by atoms with E-state index in [-0.39, 0.29) is 17.2 Å². The van der Waals surface area contributed by atoms with Gasteiger partial charge in [-0.05, 0) is 24.1 Å². The summed E-state index contributed by atoms with van der Waals surface area (Å²) >= 11 is 1.71. The summed E-state index contributed by atoms with van der Waals surface area (Å²) < 4.78 is 5.35. The molecule has 1 aromatic carbocycles. The molecule has 2 unspecified atom stereocenters. The molecule has 2 aliphatic rings. The quantitative estimate of drug-likeness (QED) is 0.638. The number of carbonyl (C=O) groups is 2. The summed E-state index contributed by atoms with van der Waals surface area (Å²) in [6.07, 6.45) is 7.67. The van der Waals surface area contributed by atoms with E-state index in [0.717, 1.165) is 32.5 Å². The van der Waals surface area contributed by atoms with Crippen molar-refractivity contribution in [3.8, 4) is 0 Å². The lowest BCUT2D eigenvalue weighted by Crippen LogP contribution is -2.56. The molecule has 6 nitrogen and oxygen atoms in total. The number of hydrogen-bond acceptors (Lipinski definition) is 5. The first-order chi connectivity index (χ1) is 15.7. The zero-order valence-corrected chi connectivity index (χ0v) is 19.4. The van der Waals surface area contributed by atoms with Crippen molar-refractivity contribution in [2.45, 2.75) is 31.2 Å². The molecule has 2 fully saturated rings. The Hall–Kier alpha value is -2.51. The van der Waals surface area contributed by atoms with Crippen LogP contribution in [0.4, 0.5) is 0 Å². The van der Waals surface area contributed by atoms with Gasteiger partial charge in [-0.15, -0.1) is 11.8 Å². The molecule has 2 atom stereocenters. The van der Waals surface area contributed by atoms with Crippen molar-refractivity contribution in [1.82, 2.24) is 14.7 Å². The molecule has 4 rings (SSSR count). The van der Waals surface area contributed by atoms with Gasteiger partial charge < -0.3 is 14.2 Å². The molecule has 2 aliphatic heterocycles. The second kappa shape index (κ2) is 10.9. The summed E-state index contributed by atoms with van der Waals surface area (Å²) in [5.41, 5.74) is 1.20. The summed E-state index contributed by atoms with van der Waals surface area (Å²) in [6, 6.07) is 13.3. The van der Waals surface area contributed by atoms with Gasteiger partial charge in [-0.25, -0.2) is 0 Å². The van der Waals surface area contributed by atoms with Crippen molar-refractivity contribution >= 4 is 29.7 Å². The van der Waals surface area contributed by atoms with E-state index >= 15 is 0 Å². The summed E-state index contributed by atoms with van der Waals surface area (Å²) in [4.78, 5) is 32.6. The smallest absolute Gasteiger partial charge is 0.291 e. The van der Waals surface area contributed by atoms with Crippen LogP contribution in [0, 0.1) is 0 Å². The van der Waals surface area contributed by atoms with E-state index < -0.39 is 6.04 Å². The van der Waals surface area contributed by atoms with Crippen molar-refractivity contribution in [2.24, 2.45) is 0 Å². The van der Waals surface area contributed by atoms with Gasteiger partial charge >= 0.3 is 0 Å². The molecular weight excluding hydrogens is 422 g/mol. The van der Waals surface area contributed by atoms with Crippen LogP contribution in [0.1, 0.15) is 35.9 Å². The van der Waals surface area contributed by atoms with Crippen LogP contribution in [0.2, 0.25) is 0 Å². The van der Waals surface area contributed by atoms with Crippen LogP contribution in [-0.4, -0.2) is 76.4 Å². The monoisotopic (exact) mass is 453 g/mol.